The van der Waals surface area contributed by atoms with Crippen molar-refractivity contribution in [1.29, 1.82) is 0 Å². The first-order valence-corrected chi connectivity index (χ1v) is 3.15. The maximum absolute atomic E-state index is 12.4. The number of hydrogen-bond acceptors (Lipinski definition) is 1. The van der Waals surface area contributed by atoms with Gasteiger partial charge in [0.15, 0.2) is 0 Å². The third-order valence-electron chi connectivity index (χ3n) is 1.86. The van der Waals surface area contributed by atoms with Crippen molar-refractivity contribution in [2.45, 2.75) is 17.4 Å². The summed E-state index contributed by atoms with van der Waals surface area (Å²) in [6, 6.07) is 0. The molecule has 0 amide bonds. The highest BCUT2D eigenvalue weighted by molar-refractivity contribution is 5.40. The Labute approximate surface area is 70.5 Å². The van der Waals surface area contributed by atoms with Gasteiger partial charge in [-0.05, 0) is 0 Å². The van der Waals surface area contributed by atoms with Gasteiger partial charge in [0.25, 0.3) is 5.60 Å². The topological polar surface area (TPSA) is 9.23 Å². The van der Waals surface area contributed by atoms with Crippen molar-refractivity contribution in [1.82, 2.24) is 0 Å². The smallest absolute Gasteiger partial charge is 0.366 e. The number of alkyl halides is 4. The van der Waals surface area contributed by atoms with Gasteiger partial charge in [0, 0.05) is 0 Å². The summed E-state index contributed by atoms with van der Waals surface area (Å²) in [6.07, 6.45) is 0.333. The fourth-order valence-electron chi connectivity index (χ4n) is 1.07. The van der Waals surface area contributed by atoms with Gasteiger partial charge in [-0.3, -0.25) is 0 Å². The lowest BCUT2D eigenvalue weighted by molar-refractivity contribution is -0.0278. The van der Waals surface area contributed by atoms with Gasteiger partial charge in [-0.25, -0.2) is 4.39 Å². The van der Waals surface area contributed by atoms with E-state index in [2.05, 4.69) is 17.9 Å². The minimum absolute atomic E-state index is 0.333. The molecule has 0 spiro atoms. The summed E-state index contributed by atoms with van der Waals surface area (Å²) >= 11 is 0. The second kappa shape index (κ2) is 2.24. The van der Waals surface area contributed by atoms with Gasteiger partial charge in [-0.2, -0.15) is 17.6 Å². The van der Waals surface area contributed by atoms with E-state index in [1.165, 1.54) is 0 Å². The maximum Gasteiger partial charge on any atom is 0.366 e. The standard InChI is InChI=1S/C7H5F5O/c1-3-13-5(4(2)8)6(9,10)7(5,11)12/h3H,1-2H2. The molecule has 0 unspecified atom stereocenters. The first kappa shape index (κ1) is 10.0. The van der Waals surface area contributed by atoms with Crippen LogP contribution in [0.15, 0.2) is 25.2 Å². The number of hydrogen-bond donors (Lipinski definition) is 0. The molecule has 1 saturated carbocycles. The van der Waals surface area contributed by atoms with E-state index in [9.17, 15) is 22.0 Å². The average molecular weight is 200 g/mol. The molecule has 0 aromatic heterocycles. The lowest BCUT2D eigenvalue weighted by atomic mass is 10.3. The summed E-state index contributed by atoms with van der Waals surface area (Å²) in [5.41, 5.74) is -3.55. The van der Waals surface area contributed by atoms with Crippen molar-refractivity contribution in [2.24, 2.45) is 0 Å². The van der Waals surface area contributed by atoms with Crippen LogP contribution in [0.2, 0.25) is 0 Å². The predicted octanol–water partition coefficient (Wildman–Crippen LogP) is 2.65. The first-order valence-electron chi connectivity index (χ1n) is 3.15. The molecule has 0 aromatic carbocycles. The molecule has 0 atom stereocenters. The SMILES string of the molecule is C=COC1(C(=C)F)C(F)(F)C1(F)F. The summed E-state index contributed by atoms with van der Waals surface area (Å²) in [6.45, 7) is 5.20. The van der Waals surface area contributed by atoms with Crippen molar-refractivity contribution < 1.29 is 26.7 Å². The van der Waals surface area contributed by atoms with Gasteiger partial charge >= 0.3 is 11.8 Å². The second-order valence-electron chi connectivity index (χ2n) is 2.52. The van der Waals surface area contributed by atoms with Crippen molar-refractivity contribution in [3.05, 3.63) is 25.2 Å². The molecule has 0 aromatic rings. The van der Waals surface area contributed by atoms with Gasteiger partial charge in [-0.15, -0.1) is 0 Å². The third-order valence-corrected chi connectivity index (χ3v) is 1.86. The minimum Gasteiger partial charge on any atom is -0.475 e. The molecule has 0 heterocycles. The second-order valence-corrected chi connectivity index (χ2v) is 2.52. The zero-order valence-electron chi connectivity index (χ0n) is 6.29. The van der Waals surface area contributed by atoms with Gasteiger partial charge in [0.2, 0.25) is 0 Å². The molecule has 0 saturated heterocycles. The number of rotatable bonds is 3. The lowest BCUT2D eigenvalue weighted by Gasteiger charge is -2.10. The van der Waals surface area contributed by atoms with Crippen molar-refractivity contribution in [3.8, 4) is 0 Å². The highest BCUT2D eigenvalue weighted by Crippen LogP contribution is 2.70. The molecule has 1 aliphatic rings. The van der Waals surface area contributed by atoms with Crippen LogP contribution in [0.4, 0.5) is 22.0 Å². The first-order chi connectivity index (χ1) is 5.75. The van der Waals surface area contributed by atoms with Crippen LogP contribution >= 0.6 is 0 Å². The van der Waals surface area contributed by atoms with Crippen LogP contribution in [-0.2, 0) is 4.74 Å². The van der Waals surface area contributed by atoms with Crippen molar-refractivity contribution >= 4 is 0 Å². The molecule has 6 heteroatoms. The van der Waals surface area contributed by atoms with E-state index in [-0.39, 0.29) is 0 Å². The minimum atomic E-state index is -4.57. The molecule has 1 aliphatic carbocycles. The van der Waals surface area contributed by atoms with E-state index in [4.69, 9.17) is 0 Å². The normalized spacial score (nSPS) is 26.2. The Hall–Kier alpha value is -1.07. The molecule has 0 bridgehead atoms. The fourth-order valence-corrected chi connectivity index (χ4v) is 1.07. The molecule has 1 rings (SSSR count). The van der Waals surface area contributed by atoms with Crippen LogP contribution in [0.5, 0.6) is 0 Å². The number of halogens is 5. The highest BCUT2D eigenvalue weighted by Gasteiger charge is 3.01. The molecule has 1 nitrogen and oxygen atoms in total. The van der Waals surface area contributed by atoms with Crippen LogP contribution in [0.1, 0.15) is 0 Å². The van der Waals surface area contributed by atoms with Crippen molar-refractivity contribution in [2.75, 3.05) is 0 Å². The van der Waals surface area contributed by atoms with E-state index in [1.807, 2.05) is 0 Å². The Morgan fingerprint density at radius 2 is 1.54 bits per heavy atom. The Morgan fingerprint density at radius 3 is 1.62 bits per heavy atom. The summed E-state index contributed by atoms with van der Waals surface area (Å²) in [4.78, 5) is 0. The monoisotopic (exact) mass is 200 g/mol. The van der Waals surface area contributed by atoms with Crippen LogP contribution in [0.25, 0.3) is 0 Å². The third kappa shape index (κ3) is 0.757. The Kier molecular flexibility index (Phi) is 1.73. The van der Waals surface area contributed by atoms with Crippen LogP contribution in [0.3, 0.4) is 0 Å². The lowest BCUT2D eigenvalue weighted by Crippen LogP contribution is -2.23. The largest absolute Gasteiger partial charge is 0.475 e. The van der Waals surface area contributed by atoms with E-state index in [0.717, 1.165) is 0 Å². The Morgan fingerprint density at radius 1 is 1.15 bits per heavy atom. The predicted molar refractivity (Wildman–Crippen MR) is 34.2 cm³/mol. The molecule has 0 aliphatic heterocycles. The van der Waals surface area contributed by atoms with E-state index in [0.29, 0.717) is 6.26 Å². The molecular formula is C7H5F5O. The molecule has 1 fully saturated rings. The fraction of sp³-hybridized carbons (Fsp3) is 0.429. The van der Waals surface area contributed by atoms with Gasteiger partial charge in [0.05, 0.1) is 6.26 Å². The summed E-state index contributed by atoms with van der Waals surface area (Å²) in [5.74, 6) is -11.1. The average Bonchev–Trinajstić information content (AvgIpc) is 2.29. The highest BCUT2D eigenvalue weighted by atomic mass is 19.3. The molecule has 0 N–H and O–H groups in total. The van der Waals surface area contributed by atoms with Crippen LogP contribution in [0, 0.1) is 0 Å². The summed E-state index contributed by atoms with van der Waals surface area (Å²) < 4.78 is 66.0. The quantitative estimate of drug-likeness (QED) is 0.502. The molecule has 74 valence electrons. The van der Waals surface area contributed by atoms with E-state index < -0.39 is 23.3 Å². The van der Waals surface area contributed by atoms with Crippen LogP contribution in [-0.4, -0.2) is 17.4 Å². The Bertz CT molecular complexity index is 256. The maximum atomic E-state index is 12.4. The molecular weight excluding hydrogens is 195 g/mol. The van der Waals surface area contributed by atoms with Gasteiger partial charge < -0.3 is 4.74 Å². The van der Waals surface area contributed by atoms with Crippen molar-refractivity contribution in [3.63, 3.8) is 0 Å². The zero-order chi connectivity index (χ0) is 10.5. The molecule has 0 radical (unpaired) electrons. The van der Waals surface area contributed by atoms with E-state index >= 15 is 0 Å². The van der Waals surface area contributed by atoms with Gasteiger partial charge in [0.1, 0.15) is 5.83 Å². The van der Waals surface area contributed by atoms with Gasteiger partial charge in [-0.1, -0.05) is 13.2 Å². The number of ether oxygens (including phenoxy) is 1. The van der Waals surface area contributed by atoms with E-state index in [1.54, 1.807) is 0 Å². The summed E-state index contributed by atoms with van der Waals surface area (Å²) in [7, 11) is 0. The molecule has 13 heavy (non-hydrogen) atoms. The zero-order valence-corrected chi connectivity index (χ0v) is 6.29. The van der Waals surface area contributed by atoms with Crippen LogP contribution < -0.4 is 0 Å². The Balaban J connectivity index is 3.12. The summed E-state index contributed by atoms with van der Waals surface area (Å²) in [5, 5.41) is 0.